The number of amides is 1. The van der Waals surface area contributed by atoms with Gasteiger partial charge in [-0.3, -0.25) is 4.79 Å². The van der Waals surface area contributed by atoms with Crippen LogP contribution in [0.5, 0.6) is 5.75 Å². The van der Waals surface area contributed by atoms with Crippen molar-refractivity contribution in [1.82, 2.24) is 10.3 Å². The Kier molecular flexibility index (Phi) is 4.10. The number of methoxy groups -OCH3 is 1. The van der Waals surface area contributed by atoms with Crippen LogP contribution in [0.25, 0.3) is 10.9 Å². The van der Waals surface area contributed by atoms with E-state index in [0.29, 0.717) is 12.2 Å². The lowest BCUT2D eigenvalue weighted by atomic mass is 10.1. The molecule has 0 bridgehead atoms. The molecule has 2 aromatic carbocycles. The van der Waals surface area contributed by atoms with Gasteiger partial charge in [0, 0.05) is 17.4 Å². The summed E-state index contributed by atoms with van der Waals surface area (Å²) in [5.41, 5.74) is 2.65. The highest BCUT2D eigenvalue weighted by molar-refractivity contribution is 5.99. The molecule has 0 aliphatic carbocycles. The van der Waals surface area contributed by atoms with E-state index < -0.39 is 0 Å². The van der Waals surface area contributed by atoms with E-state index in [9.17, 15) is 4.79 Å². The second-order valence-corrected chi connectivity index (χ2v) is 5.10. The van der Waals surface area contributed by atoms with Crippen LogP contribution in [0.3, 0.4) is 0 Å². The molecule has 22 heavy (non-hydrogen) atoms. The number of benzene rings is 2. The molecule has 1 amide bonds. The number of nitrogens with one attached hydrogen (secondary N) is 2. The number of carbonyl (C=O) groups excluding carboxylic acids is 1. The number of hydrogen-bond donors (Lipinski definition) is 2. The molecule has 2 N–H and O–H groups in total. The summed E-state index contributed by atoms with van der Waals surface area (Å²) in [6.45, 7) is 0.606. The summed E-state index contributed by atoms with van der Waals surface area (Å²) >= 11 is 0. The summed E-state index contributed by atoms with van der Waals surface area (Å²) < 4.78 is 5.31. The van der Waals surface area contributed by atoms with Crippen molar-refractivity contribution in [2.24, 2.45) is 0 Å². The predicted molar refractivity (Wildman–Crippen MR) is 87.3 cm³/mol. The zero-order valence-electron chi connectivity index (χ0n) is 12.4. The quantitative estimate of drug-likeness (QED) is 0.759. The lowest BCUT2D eigenvalue weighted by Crippen LogP contribution is -2.25. The fourth-order valence-corrected chi connectivity index (χ4v) is 2.49. The Balaban J connectivity index is 1.67. The molecule has 0 aliphatic rings. The smallest absolute Gasteiger partial charge is 0.267 e. The van der Waals surface area contributed by atoms with Gasteiger partial charge in [-0.25, -0.2) is 0 Å². The number of rotatable bonds is 5. The molecule has 0 atom stereocenters. The van der Waals surface area contributed by atoms with Crippen LogP contribution >= 0.6 is 0 Å². The molecule has 0 saturated carbocycles. The molecule has 1 aromatic heterocycles. The van der Waals surface area contributed by atoms with Gasteiger partial charge in [0.1, 0.15) is 11.4 Å². The highest BCUT2D eigenvalue weighted by atomic mass is 16.5. The average molecular weight is 294 g/mol. The molecule has 0 unspecified atom stereocenters. The number of carbonyl (C=O) groups is 1. The molecule has 0 aliphatic heterocycles. The fraction of sp³-hybridized carbons (Fsp3) is 0.167. The Hall–Kier alpha value is -2.75. The molecule has 112 valence electrons. The largest absolute Gasteiger partial charge is 0.496 e. The van der Waals surface area contributed by atoms with E-state index in [2.05, 4.69) is 22.4 Å². The molecular weight excluding hydrogens is 276 g/mol. The molecule has 0 saturated heterocycles. The first-order valence-electron chi connectivity index (χ1n) is 7.26. The van der Waals surface area contributed by atoms with Gasteiger partial charge >= 0.3 is 0 Å². The van der Waals surface area contributed by atoms with E-state index in [4.69, 9.17) is 4.74 Å². The number of H-pyrrole nitrogens is 1. The summed E-state index contributed by atoms with van der Waals surface area (Å²) in [4.78, 5) is 15.3. The first-order chi connectivity index (χ1) is 10.8. The monoisotopic (exact) mass is 294 g/mol. The van der Waals surface area contributed by atoms with Crippen molar-refractivity contribution in [3.05, 3.63) is 65.9 Å². The zero-order valence-corrected chi connectivity index (χ0v) is 12.4. The predicted octanol–water partition coefficient (Wildman–Crippen LogP) is 3.15. The first-order valence-corrected chi connectivity index (χ1v) is 7.26. The van der Waals surface area contributed by atoms with Gasteiger partial charge < -0.3 is 15.0 Å². The van der Waals surface area contributed by atoms with Crippen molar-refractivity contribution < 1.29 is 9.53 Å². The molecule has 3 rings (SSSR count). The minimum Gasteiger partial charge on any atom is -0.496 e. The number of fused-ring (bicyclic) bond motifs is 1. The summed E-state index contributed by atoms with van der Waals surface area (Å²) in [5.74, 6) is 0.659. The maximum absolute atomic E-state index is 12.2. The molecule has 1 heterocycles. The van der Waals surface area contributed by atoms with Crippen molar-refractivity contribution in [2.75, 3.05) is 13.7 Å². The van der Waals surface area contributed by atoms with Crippen LogP contribution in [0.4, 0.5) is 0 Å². The van der Waals surface area contributed by atoms with Crippen molar-refractivity contribution >= 4 is 16.8 Å². The van der Waals surface area contributed by atoms with Gasteiger partial charge in [0.15, 0.2) is 0 Å². The maximum atomic E-state index is 12.2. The van der Waals surface area contributed by atoms with Gasteiger partial charge in [0.25, 0.3) is 5.91 Å². The zero-order chi connectivity index (χ0) is 15.4. The van der Waals surface area contributed by atoms with Crippen LogP contribution in [0.1, 0.15) is 16.1 Å². The molecule has 4 heteroatoms. The molecule has 0 fully saturated rings. The van der Waals surface area contributed by atoms with E-state index in [1.54, 1.807) is 7.11 Å². The van der Waals surface area contributed by atoms with Gasteiger partial charge in [0.05, 0.1) is 7.11 Å². The van der Waals surface area contributed by atoms with Crippen molar-refractivity contribution in [3.8, 4) is 5.75 Å². The number of aromatic amines is 1. The third-order valence-corrected chi connectivity index (χ3v) is 3.63. The minimum atomic E-state index is -0.103. The third-order valence-electron chi connectivity index (χ3n) is 3.63. The fourth-order valence-electron chi connectivity index (χ4n) is 2.49. The van der Waals surface area contributed by atoms with Crippen molar-refractivity contribution in [3.63, 3.8) is 0 Å². The van der Waals surface area contributed by atoms with Crippen molar-refractivity contribution in [2.45, 2.75) is 6.42 Å². The Bertz CT molecular complexity index is 778. The van der Waals surface area contributed by atoms with Crippen LogP contribution in [0.15, 0.2) is 54.6 Å². The van der Waals surface area contributed by atoms with Crippen molar-refractivity contribution in [1.29, 1.82) is 0 Å². The maximum Gasteiger partial charge on any atom is 0.267 e. The van der Waals surface area contributed by atoms with Crippen LogP contribution in [-0.4, -0.2) is 24.5 Å². The van der Waals surface area contributed by atoms with Gasteiger partial charge in [0.2, 0.25) is 0 Å². The Labute approximate surface area is 129 Å². The molecular formula is C18H18N2O2. The molecule has 0 radical (unpaired) electrons. The summed E-state index contributed by atoms with van der Waals surface area (Å²) in [5, 5.41) is 3.85. The third kappa shape index (κ3) is 2.96. The average Bonchev–Trinajstić information content (AvgIpc) is 3.00. The summed E-state index contributed by atoms with van der Waals surface area (Å²) in [6.07, 6.45) is 0.816. The second kappa shape index (κ2) is 6.35. The lowest BCUT2D eigenvalue weighted by Gasteiger charge is -2.03. The lowest BCUT2D eigenvalue weighted by molar-refractivity contribution is 0.0950. The van der Waals surface area contributed by atoms with Gasteiger partial charge in [-0.2, -0.15) is 0 Å². The number of aromatic nitrogens is 1. The van der Waals surface area contributed by atoms with E-state index in [1.807, 2.05) is 42.5 Å². The van der Waals surface area contributed by atoms with Crippen LogP contribution < -0.4 is 10.1 Å². The summed E-state index contributed by atoms with van der Waals surface area (Å²) in [7, 11) is 1.63. The van der Waals surface area contributed by atoms with E-state index in [-0.39, 0.29) is 5.91 Å². The highest BCUT2D eigenvalue weighted by Gasteiger charge is 2.11. The van der Waals surface area contributed by atoms with Gasteiger partial charge in [-0.05, 0) is 30.2 Å². The normalized spacial score (nSPS) is 10.6. The van der Waals surface area contributed by atoms with E-state index >= 15 is 0 Å². The Morgan fingerprint density at radius 3 is 2.73 bits per heavy atom. The SMILES string of the molecule is COc1cccc2[nH]c(C(=O)NCCc3ccccc3)cc12. The Morgan fingerprint density at radius 2 is 1.95 bits per heavy atom. The van der Waals surface area contributed by atoms with Crippen LogP contribution in [0, 0.1) is 0 Å². The number of hydrogen-bond acceptors (Lipinski definition) is 2. The molecule has 3 aromatic rings. The number of ether oxygens (including phenoxy) is 1. The van der Waals surface area contributed by atoms with E-state index in [1.165, 1.54) is 5.56 Å². The van der Waals surface area contributed by atoms with Crippen LogP contribution in [0.2, 0.25) is 0 Å². The standard InChI is InChI=1S/C18H18N2O2/c1-22-17-9-5-8-15-14(17)12-16(20-15)18(21)19-11-10-13-6-3-2-4-7-13/h2-9,12,20H,10-11H2,1H3,(H,19,21). The molecule has 0 spiro atoms. The van der Waals surface area contributed by atoms with Crippen LogP contribution in [-0.2, 0) is 6.42 Å². The highest BCUT2D eigenvalue weighted by Crippen LogP contribution is 2.25. The van der Waals surface area contributed by atoms with E-state index in [0.717, 1.165) is 23.1 Å². The van der Waals surface area contributed by atoms with Gasteiger partial charge in [-0.1, -0.05) is 36.4 Å². The second-order valence-electron chi connectivity index (χ2n) is 5.10. The summed E-state index contributed by atoms with van der Waals surface area (Å²) in [6, 6.07) is 17.6. The Morgan fingerprint density at radius 1 is 1.14 bits per heavy atom. The first kappa shape index (κ1) is 14.2. The topological polar surface area (TPSA) is 54.1 Å². The molecule has 4 nitrogen and oxygen atoms in total. The minimum absolute atomic E-state index is 0.103. The van der Waals surface area contributed by atoms with Gasteiger partial charge in [-0.15, -0.1) is 0 Å².